The molecule has 1 fully saturated rings. The largest absolute Gasteiger partial charge is 0.489 e. The van der Waals surface area contributed by atoms with Crippen LogP contribution < -0.4 is 10.1 Å². The van der Waals surface area contributed by atoms with E-state index in [1.807, 2.05) is 13.8 Å². The maximum absolute atomic E-state index is 12.9. The predicted molar refractivity (Wildman–Crippen MR) is 110 cm³/mol. The van der Waals surface area contributed by atoms with Crippen LogP contribution in [0.2, 0.25) is 0 Å². The fourth-order valence-electron chi connectivity index (χ4n) is 2.95. The minimum Gasteiger partial charge on any atom is -0.489 e. The smallest absolute Gasteiger partial charge is 0.310 e. The molecule has 1 saturated heterocycles. The summed E-state index contributed by atoms with van der Waals surface area (Å²) < 4.78 is 23.5. The van der Waals surface area contributed by atoms with Crippen LogP contribution in [0.4, 0.5) is 4.39 Å². The number of benzene rings is 1. The molecule has 6 nitrogen and oxygen atoms in total. The van der Waals surface area contributed by atoms with Crippen molar-refractivity contribution in [2.45, 2.75) is 20.0 Å². The van der Waals surface area contributed by atoms with Crippen molar-refractivity contribution in [2.24, 2.45) is 16.8 Å². The van der Waals surface area contributed by atoms with Crippen LogP contribution in [-0.4, -0.2) is 56.7 Å². The summed E-state index contributed by atoms with van der Waals surface area (Å²) in [5, 5.41) is 3.27. The van der Waals surface area contributed by atoms with E-state index in [0.29, 0.717) is 18.8 Å². The maximum atomic E-state index is 12.9. The lowest BCUT2D eigenvalue weighted by Gasteiger charge is -2.23. The molecule has 3 atom stereocenters. The van der Waals surface area contributed by atoms with Crippen molar-refractivity contribution >= 4 is 35.9 Å². The molecule has 146 valence electrons. The number of hydrogen-bond donors (Lipinski definition) is 1. The fraction of sp³-hybridized carbons (Fsp3) is 0.556. The number of carbonyl (C=O) groups excluding carboxylic acids is 1. The second-order valence-corrected chi connectivity index (χ2v) is 6.32. The fourth-order valence-corrected chi connectivity index (χ4v) is 2.95. The van der Waals surface area contributed by atoms with Crippen molar-refractivity contribution in [2.75, 3.05) is 33.8 Å². The highest BCUT2D eigenvalue weighted by Gasteiger charge is 2.36. The molecule has 1 heterocycles. The average Bonchev–Trinajstić information content (AvgIpc) is 2.98. The first kappa shape index (κ1) is 22.5. The molecule has 0 amide bonds. The molecular formula is C18H27FIN3O3. The number of hydrogen-bond acceptors (Lipinski definition) is 4. The number of esters is 1. The number of rotatable bonds is 5. The van der Waals surface area contributed by atoms with E-state index in [9.17, 15) is 9.18 Å². The summed E-state index contributed by atoms with van der Waals surface area (Å²) in [6, 6.07) is 5.94. The Morgan fingerprint density at radius 1 is 1.38 bits per heavy atom. The first-order chi connectivity index (χ1) is 11.9. The van der Waals surface area contributed by atoms with Gasteiger partial charge in [0.15, 0.2) is 5.96 Å². The number of halogens is 2. The maximum Gasteiger partial charge on any atom is 0.310 e. The summed E-state index contributed by atoms with van der Waals surface area (Å²) in [5.41, 5.74) is 0. The standard InChI is InChI=1S/C18H26FN3O3.HI/c1-12-10-22(11-16(12)17(23)24-4)18(20-3)21-9-13(2)25-15-7-5-14(19)6-8-15;/h5-8,12-13,16H,9-11H2,1-4H3,(H,20,21);1H. The Hall–Kier alpha value is -1.58. The second-order valence-electron chi connectivity index (χ2n) is 6.32. The molecule has 0 aliphatic carbocycles. The van der Waals surface area contributed by atoms with Gasteiger partial charge in [-0.15, -0.1) is 24.0 Å². The molecule has 0 spiro atoms. The molecule has 1 aliphatic rings. The summed E-state index contributed by atoms with van der Waals surface area (Å²) in [4.78, 5) is 18.2. The zero-order valence-electron chi connectivity index (χ0n) is 15.6. The van der Waals surface area contributed by atoms with Gasteiger partial charge in [0.25, 0.3) is 0 Å². The number of guanidine groups is 1. The van der Waals surface area contributed by atoms with Gasteiger partial charge >= 0.3 is 5.97 Å². The highest BCUT2D eigenvalue weighted by Crippen LogP contribution is 2.24. The third-order valence-corrected chi connectivity index (χ3v) is 4.33. The number of nitrogens with one attached hydrogen (secondary N) is 1. The SMILES string of the molecule is CN=C(NCC(C)Oc1ccc(F)cc1)N1CC(C)C(C(=O)OC)C1.I. The van der Waals surface area contributed by atoms with Crippen molar-refractivity contribution in [3.8, 4) is 5.75 Å². The number of methoxy groups -OCH3 is 1. The van der Waals surface area contributed by atoms with E-state index in [1.165, 1.54) is 19.2 Å². The van der Waals surface area contributed by atoms with Crippen molar-refractivity contribution in [3.63, 3.8) is 0 Å². The molecule has 0 aromatic heterocycles. The molecule has 3 unspecified atom stereocenters. The van der Waals surface area contributed by atoms with Crippen molar-refractivity contribution in [1.29, 1.82) is 0 Å². The lowest BCUT2D eigenvalue weighted by molar-refractivity contribution is -0.145. The summed E-state index contributed by atoms with van der Waals surface area (Å²) >= 11 is 0. The molecule has 1 N–H and O–H groups in total. The van der Waals surface area contributed by atoms with E-state index in [2.05, 4.69) is 15.2 Å². The van der Waals surface area contributed by atoms with Crippen LogP contribution in [0.15, 0.2) is 29.3 Å². The Labute approximate surface area is 171 Å². The summed E-state index contributed by atoms with van der Waals surface area (Å²) in [5.74, 6) is 0.940. The second kappa shape index (κ2) is 10.5. The predicted octanol–water partition coefficient (Wildman–Crippen LogP) is 2.53. The van der Waals surface area contributed by atoms with E-state index < -0.39 is 0 Å². The average molecular weight is 479 g/mol. The van der Waals surface area contributed by atoms with Gasteiger partial charge in [-0.1, -0.05) is 6.92 Å². The number of aliphatic imine (C=N–C) groups is 1. The van der Waals surface area contributed by atoms with Gasteiger partial charge in [0.2, 0.25) is 0 Å². The van der Waals surface area contributed by atoms with Crippen LogP contribution in [0, 0.1) is 17.7 Å². The van der Waals surface area contributed by atoms with E-state index in [1.54, 1.807) is 19.2 Å². The highest BCUT2D eigenvalue weighted by atomic mass is 127. The number of ether oxygens (including phenoxy) is 2. The Kier molecular flexibility index (Phi) is 9.11. The van der Waals surface area contributed by atoms with Crippen LogP contribution in [-0.2, 0) is 9.53 Å². The Bertz CT molecular complexity index is 612. The third-order valence-electron chi connectivity index (χ3n) is 4.33. The highest BCUT2D eigenvalue weighted by molar-refractivity contribution is 14.0. The zero-order chi connectivity index (χ0) is 18.4. The molecule has 0 radical (unpaired) electrons. The lowest BCUT2D eigenvalue weighted by Crippen LogP contribution is -2.44. The van der Waals surface area contributed by atoms with E-state index >= 15 is 0 Å². The van der Waals surface area contributed by atoms with Gasteiger partial charge in [-0.25, -0.2) is 4.39 Å². The van der Waals surface area contributed by atoms with Crippen LogP contribution >= 0.6 is 24.0 Å². The quantitative estimate of drug-likeness (QED) is 0.305. The molecule has 1 aliphatic heterocycles. The van der Waals surface area contributed by atoms with Gasteiger partial charge in [-0.05, 0) is 37.1 Å². The Morgan fingerprint density at radius 3 is 2.62 bits per heavy atom. The first-order valence-electron chi connectivity index (χ1n) is 8.40. The van der Waals surface area contributed by atoms with E-state index in [-0.39, 0.29) is 53.7 Å². The van der Waals surface area contributed by atoms with Crippen LogP contribution in [0.5, 0.6) is 5.75 Å². The molecule has 8 heteroatoms. The van der Waals surface area contributed by atoms with Gasteiger partial charge in [0.05, 0.1) is 19.6 Å². The van der Waals surface area contributed by atoms with Gasteiger partial charge in [0.1, 0.15) is 17.7 Å². The summed E-state index contributed by atoms with van der Waals surface area (Å²) in [6.07, 6.45) is -0.126. The summed E-state index contributed by atoms with van der Waals surface area (Å²) in [6.45, 7) is 5.83. The number of likely N-dealkylation sites (tertiary alicyclic amines) is 1. The summed E-state index contributed by atoms with van der Waals surface area (Å²) in [7, 11) is 3.13. The molecular weight excluding hydrogens is 452 g/mol. The minimum absolute atomic E-state index is 0. The van der Waals surface area contributed by atoms with E-state index in [4.69, 9.17) is 9.47 Å². The molecule has 2 rings (SSSR count). The Balaban J connectivity index is 0.00000338. The van der Waals surface area contributed by atoms with Gasteiger partial charge in [-0.3, -0.25) is 9.79 Å². The molecule has 1 aromatic rings. The molecule has 1 aromatic carbocycles. The van der Waals surface area contributed by atoms with Gasteiger partial charge in [0, 0.05) is 20.1 Å². The van der Waals surface area contributed by atoms with Gasteiger partial charge in [-0.2, -0.15) is 0 Å². The van der Waals surface area contributed by atoms with Crippen molar-refractivity contribution < 1.29 is 18.7 Å². The number of carbonyl (C=O) groups is 1. The third kappa shape index (κ3) is 6.00. The minimum atomic E-state index is -0.290. The molecule has 0 bridgehead atoms. The zero-order valence-corrected chi connectivity index (χ0v) is 17.9. The monoisotopic (exact) mass is 479 g/mol. The van der Waals surface area contributed by atoms with Crippen LogP contribution in [0.3, 0.4) is 0 Å². The molecule has 0 saturated carbocycles. The number of nitrogens with zero attached hydrogens (tertiary/aromatic N) is 2. The van der Waals surface area contributed by atoms with Crippen LogP contribution in [0.25, 0.3) is 0 Å². The normalized spacial score (nSPS) is 21.0. The lowest BCUT2D eigenvalue weighted by atomic mass is 9.99. The van der Waals surface area contributed by atoms with Crippen molar-refractivity contribution in [3.05, 3.63) is 30.1 Å². The van der Waals surface area contributed by atoms with E-state index in [0.717, 1.165) is 12.5 Å². The molecule has 26 heavy (non-hydrogen) atoms. The van der Waals surface area contributed by atoms with Gasteiger partial charge < -0.3 is 19.7 Å². The van der Waals surface area contributed by atoms with Crippen molar-refractivity contribution in [1.82, 2.24) is 10.2 Å². The topological polar surface area (TPSA) is 63.2 Å². The Morgan fingerprint density at radius 2 is 2.04 bits per heavy atom. The van der Waals surface area contributed by atoms with Crippen LogP contribution in [0.1, 0.15) is 13.8 Å². The first-order valence-corrected chi connectivity index (χ1v) is 8.40.